The second kappa shape index (κ2) is 3.57. The number of esters is 1. The van der Waals surface area contributed by atoms with Gasteiger partial charge in [-0.25, -0.2) is 9.78 Å². The van der Waals surface area contributed by atoms with E-state index in [1.54, 1.807) is 6.92 Å². The highest BCUT2D eigenvalue weighted by atomic mass is 32.1. The second-order valence-electron chi connectivity index (χ2n) is 3.20. The van der Waals surface area contributed by atoms with E-state index in [0.717, 1.165) is 17.8 Å². The molecule has 1 aliphatic carbocycles. The van der Waals surface area contributed by atoms with E-state index in [9.17, 15) is 9.90 Å². The fourth-order valence-electron chi connectivity index (χ4n) is 1.16. The standard InChI is InChI=1S/C9H11NO3S/c1-2-13-9(12)6-7(11)10-8(14-6)5-3-4-5/h5,11H,2-4H2,1H3. The van der Waals surface area contributed by atoms with Crippen LogP contribution in [0.3, 0.4) is 0 Å². The van der Waals surface area contributed by atoms with Crippen LogP contribution in [0, 0.1) is 0 Å². The Morgan fingerprint density at radius 1 is 1.71 bits per heavy atom. The highest BCUT2D eigenvalue weighted by molar-refractivity contribution is 7.14. The Bertz CT molecular complexity index is 357. The first kappa shape index (κ1) is 9.45. The minimum Gasteiger partial charge on any atom is -0.492 e. The summed E-state index contributed by atoms with van der Waals surface area (Å²) in [5, 5.41) is 10.3. The molecule has 0 spiro atoms. The first-order valence-electron chi connectivity index (χ1n) is 4.59. The third-order valence-electron chi connectivity index (χ3n) is 2.01. The molecule has 2 rings (SSSR count). The van der Waals surface area contributed by atoms with Crippen LogP contribution in [0.2, 0.25) is 0 Å². The van der Waals surface area contributed by atoms with E-state index in [1.165, 1.54) is 11.3 Å². The van der Waals surface area contributed by atoms with Gasteiger partial charge in [-0.15, -0.1) is 11.3 Å². The molecule has 1 aromatic heterocycles. The summed E-state index contributed by atoms with van der Waals surface area (Å²) in [6.07, 6.45) is 2.21. The van der Waals surface area contributed by atoms with Crippen molar-refractivity contribution < 1.29 is 14.6 Å². The third-order valence-corrected chi connectivity index (χ3v) is 3.20. The van der Waals surface area contributed by atoms with Gasteiger partial charge in [-0.05, 0) is 19.8 Å². The van der Waals surface area contributed by atoms with Crippen LogP contribution in [0.5, 0.6) is 5.88 Å². The summed E-state index contributed by atoms with van der Waals surface area (Å²) in [4.78, 5) is 15.5. The number of hydrogen-bond acceptors (Lipinski definition) is 5. The average molecular weight is 213 g/mol. The van der Waals surface area contributed by atoms with Crippen molar-refractivity contribution in [2.45, 2.75) is 25.7 Å². The van der Waals surface area contributed by atoms with Gasteiger partial charge in [0.05, 0.1) is 6.61 Å². The molecule has 4 nitrogen and oxygen atoms in total. The summed E-state index contributed by atoms with van der Waals surface area (Å²) in [5.74, 6) is -0.209. The summed E-state index contributed by atoms with van der Waals surface area (Å²) < 4.78 is 4.79. The van der Waals surface area contributed by atoms with Crippen LogP contribution in [0.15, 0.2) is 0 Å². The van der Waals surface area contributed by atoms with Gasteiger partial charge in [0.15, 0.2) is 4.88 Å². The maximum Gasteiger partial charge on any atom is 0.353 e. The lowest BCUT2D eigenvalue weighted by Gasteiger charge is -1.96. The summed E-state index contributed by atoms with van der Waals surface area (Å²) in [7, 11) is 0. The zero-order chi connectivity index (χ0) is 10.1. The summed E-state index contributed by atoms with van der Waals surface area (Å²) in [6.45, 7) is 2.05. The van der Waals surface area contributed by atoms with Crippen LogP contribution in [0.1, 0.15) is 40.4 Å². The summed E-state index contributed by atoms with van der Waals surface area (Å²) in [6, 6.07) is 0. The van der Waals surface area contributed by atoms with Gasteiger partial charge < -0.3 is 9.84 Å². The van der Waals surface area contributed by atoms with Gasteiger partial charge in [-0.1, -0.05) is 0 Å². The molecule has 0 atom stereocenters. The average Bonchev–Trinajstić information content (AvgIpc) is 2.91. The topological polar surface area (TPSA) is 59.4 Å². The molecule has 0 saturated heterocycles. The molecule has 0 amide bonds. The number of rotatable bonds is 3. The van der Waals surface area contributed by atoms with Crippen LogP contribution in [0.25, 0.3) is 0 Å². The van der Waals surface area contributed by atoms with Gasteiger partial charge >= 0.3 is 5.97 Å². The lowest BCUT2D eigenvalue weighted by Crippen LogP contribution is -2.02. The number of aromatic hydroxyl groups is 1. The van der Waals surface area contributed by atoms with Gasteiger partial charge in [-0.3, -0.25) is 0 Å². The highest BCUT2D eigenvalue weighted by Gasteiger charge is 2.30. The number of carbonyl (C=O) groups excluding carboxylic acids is 1. The van der Waals surface area contributed by atoms with Gasteiger partial charge in [-0.2, -0.15) is 0 Å². The number of nitrogens with zero attached hydrogens (tertiary/aromatic N) is 1. The Morgan fingerprint density at radius 2 is 2.43 bits per heavy atom. The summed E-state index contributed by atoms with van der Waals surface area (Å²) in [5.41, 5.74) is 0. The van der Waals surface area contributed by atoms with E-state index in [4.69, 9.17) is 4.74 Å². The Hall–Kier alpha value is -1.10. The monoisotopic (exact) mass is 213 g/mol. The second-order valence-corrected chi connectivity index (χ2v) is 4.23. The Balaban J connectivity index is 2.19. The number of ether oxygens (including phenoxy) is 1. The van der Waals surface area contributed by atoms with Crippen molar-refractivity contribution in [1.29, 1.82) is 0 Å². The van der Waals surface area contributed by atoms with E-state index >= 15 is 0 Å². The molecular formula is C9H11NO3S. The molecular weight excluding hydrogens is 202 g/mol. The molecule has 1 N–H and O–H groups in total. The first-order valence-corrected chi connectivity index (χ1v) is 5.40. The molecule has 1 aromatic rings. The number of hydrogen-bond donors (Lipinski definition) is 1. The number of aromatic nitrogens is 1. The SMILES string of the molecule is CCOC(=O)c1sc(C2CC2)nc1O. The lowest BCUT2D eigenvalue weighted by atomic mass is 10.4. The fraction of sp³-hybridized carbons (Fsp3) is 0.556. The highest BCUT2D eigenvalue weighted by Crippen LogP contribution is 2.43. The minimum absolute atomic E-state index is 0.185. The quantitative estimate of drug-likeness (QED) is 0.779. The zero-order valence-corrected chi connectivity index (χ0v) is 8.63. The largest absolute Gasteiger partial charge is 0.492 e. The molecule has 1 saturated carbocycles. The van der Waals surface area contributed by atoms with E-state index in [0.29, 0.717) is 12.5 Å². The van der Waals surface area contributed by atoms with E-state index in [-0.39, 0.29) is 10.8 Å². The Morgan fingerprint density at radius 3 is 3.00 bits per heavy atom. The lowest BCUT2D eigenvalue weighted by molar-refractivity contribution is 0.0528. The molecule has 0 aromatic carbocycles. The smallest absolute Gasteiger partial charge is 0.353 e. The predicted molar refractivity (Wildman–Crippen MR) is 51.7 cm³/mol. The fourth-order valence-corrected chi connectivity index (χ4v) is 2.19. The maximum absolute atomic E-state index is 11.3. The van der Waals surface area contributed by atoms with E-state index in [1.807, 2.05) is 0 Å². The van der Waals surface area contributed by atoms with Crippen LogP contribution in [0.4, 0.5) is 0 Å². The maximum atomic E-state index is 11.3. The van der Waals surface area contributed by atoms with Crippen LogP contribution in [-0.2, 0) is 4.74 Å². The van der Waals surface area contributed by atoms with Gasteiger partial charge in [0.2, 0.25) is 5.88 Å². The number of carbonyl (C=O) groups is 1. The number of thiazole rings is 1. The predicted octanol–water partition coefficient (Wildman–Crippen LogP) is 1.90. The van der Waals surface area contributed by atoms with Gasteiger partial charge in [0.25, 0.3) is 0 Å². The molecule has 76 valence electrons. The molecule has 0 bridgehead atoms. The summed E-state index contributed by atoms with van der Waals surface area (Å²) >= 11 is 1.24. The Kier molecular flexibility index (Phi) is 2.41. The first-order chi connectivity index (χ1) is 6.72. The van der Waals surface area contributed by atoms with Crippen molar-refractivity contribution >= 4 is 17.3 Å². The molecule has 0 aliphatic heterocycles. The van der Waals surface area contributed by atoms with Crippen molar-refractivity contribution in [3.63, 3.8) is 0 Å². The Labute approximate surface area is 85.5 Å². The van der Waals surface area contributed by atoms with Crippen molar-refractivity contribution in [2.75, 3.05) is 6.61 Å². The van der Waals surface area contributed by atoms with E-state index < -0.39 is 5.97 Å². The molecule has 0 radical (unpaired) electrons. The van der Waals surface area contributed by atoms with Crippen molar-refractivity contribution in [2.24, 2.45) is 0 Å². The minimum atomic E-state index is -0.477. The van der Waals surface area contributed by atoms with Gasteiger partial charge in [0.1, 0.15) is 5.01 Å². The van der Waals surface area contributed by atoms with Crippen LogP contribution < -0.4 is 0 Å². The molecule has 0 unspecified atom stereocenters. The zero-order valence-electron chi connectivity index (χ0n) is 7.82. The van der Waals surface area contributed by atoms with Crippen molar-refractivity contribution in [3.8, 4) is 5.88 Å². The third kappa shape index (κ3) is 1.72. The van der Waals surface area contributed by atoms with E-state index in [2.05, 4.69) is 4.98 Å². The van der Waals surface area contributed by atoms with Crippen LogP contribution >= 0.6 is 11.3 Å². The normalized spacial score (nSPS) is 15.5. The molecule has 1 aliphatic rings. The van der Waals surface area contributed by atoms with Crippen LogP contribution in [-0.4, -0.2) is 22.7 Å². The molecule has 1 fully saturated rings. The van der Waals surface area contributed by atoms with Crippen molar-refractivity contribution in [1.82, 2.24) is 4.98 Å². The van der Waals surface area contributed by atoms with Gasteiger partial charge in [0, 0.05) is 5.92 Å². The molecule has 1 heterocycles. The molecule has 14 heavy (non-hydrogen) atoms. The van der Waals surface area contributed by atoms with Crippen molar-refractivity contribution in [3.05, 3.63) is 9.88 Å². The molecule has 5 heteroatoms.